The molecule has 0 aliphatic carbocycles. The second-order valence-electron chi connectivity index (χ2n) is 4.76. The Balaban J connectivity index is 1.60. The van der Waals surface area contributed by atoms with E-state index in [2.05, 4.69) is 10.3 Å². The fourth-order valence-electron chi connectivity index (χ4n) is 1.86. The largest absolute Gasteiger partial charge is 0.486 e. The number of nitrogens with one attached hydrogen (secondary N) is 1. The first-order chi connectivity index (χ1) is 11.1. The van der Waals surface area contributed by atoms with Gasteiger partial charge in [0.05, 0.1) is 5.69 Å². The molecule has 23 heavy (non-hydrogen) atoms. The van der Waals surface area contributed by atoms with Crippen LogP contribution in [0.15, 0.2) is 46.2 Å². The number of anilines is 1. The van der Waals surface area contributed by atoms with Crippen LogP contribution in [0.4, 0.5) is 9.52 Å². The summed E-state index contributed by atoms with van der Waals surface area (Å²) in [5.74, 6) is 0.271. The molecule has 3 rings (SSSR count). The molecule has 1 amide bonds. The molecule has 0 radical (unpaired) electrons. The van der Waals surface area contributed by atoms with Crippen LogP contribution in [-0.4, -0.2) is 10.9 Å². The Labute approximate surface area is 135 Å². The van der Waals surface area contributed by atoms with Crippen LogP contribution in [0.1, 0.15) is 22.0 Å². The van der Waals surface area contributed by atoms with E-state index in [1.54, 1.807) is 24.3 Å². The van der Waals surface area contributed by atoms with Crippen molar-refractivity contribution in [1.29, 1.82) is 0 Å². The number of rotatable bonds is 5. The summed E-state index contributed by atoms with van der Waals surface area (Å²) >= 11 is 1.34. The molecular formula is C16H13FN2O3S. The van der Waals surface area contributed by atoms with E-state index < -0.39 is 0 Å². The van der Waals surface area contributed by atoms with Gasteiger partial charge in [0.15, 0.2) is 10.9 Å². The lowest BCUT2D eigenvalue weighted by molar-refractivity contribution is 0.0992. The summed E-state index contributed by atoms with van der Waals surface area (Å²) in [7, 11) is 0. The number of hydrogen-bond donors (Lipinski definition) is 1. The summed E-state index contributed by atoms with van der Waals surface area (Å²) in [6.45, 7) is 1.95. The van der Waals surface area contributed by atoms with Gasteiger partial charge in [0.2, 0.25) is 0 Å². The second kappa shape index (κ2) is 6.62. The highest BCUT2D eigenvalue weighted by atomic mass is 32.1. The minimum absolute atomic E-state index is 0.104. The maximum absolute atomic E-state index is 13.1. The van der Waals surface area contributed by atoms with Gasteiger partial charge in [0, 0.05) is 11.4 Å². The molecule has 1 N–H and O–H groups in total. The number of amides is 1. The SMILES string of the molecule is Cc1csc(NC(=O)c2ccc(COc3cccc(F)c3)o2)n1. The van der Waals surface area contributed by atoms with Gasteiger partial charge in [-0.1, -0.05) is 6.07 Å². The summed E-state index contributed by atoms with van der Waals surface area (Å²) < 4.78 is 23.9. The predicted octanol–water partition coefficient (Wildman–Crippen LogP) is 4.01. The Hall–Kier alpha value is -2.67. The smallest absolute Gasteiger partial charge is 0.293 e. The molecule has 0 fully saturated rings. The monoisotopic (exact) mass is 332 g/mol. The van der Waals surface area contributed by atoms with Gasteiger partial charge in [-0.15, -0.1) is 11.3 Å². The highest BCUT2D eigenvalue weighted by Gasteiger charge is 2.13. The molecule has 0 aliphatic heterocycles. The molecule has 0 unspecified atom stereocenters. The van der Waals surface area contributed by atoms with Crippen molar-refractivity contribution in [2.45, 2.75) is 13.5 Å². The predicted molar refractivity (Wildman–Crippen MR) is 84.2 cm³/mol. The third-order valence-electron chi connectivity index (χ3n) is 2.90. The van der Waals surface area contributed by atoms with Gasteiger partial charge in [-0.3, -0.25) is 10.1 Å². The molecule has 0 spiro atoms. The lowest BCUT2D eigenvalue weighted by Crippen LogP contribution is -2.10. The number of aryl methyl sites for hydroxylation is 1. The first-order valence-electron chi connectivity index (χ1n) is 6.81. The third-order valence-corrected chi connectivity index (χ3v) is 3.78. The first kappa shape index (κ1) is 15.2. The van der Waals surface area contributed by atoms with Crippen molar-refractivity contribution in [2.75, 3.05) is 5.32 Å². The van der Waals surface area contributed by atoms with E-state index in [1.807, 2.05) is 12.3 Å². The standard InChI is InChI=1S/C16H13FN2O3S/c1-10-9-23-16(18-10)19-15(20)14-6-5-13(22-14)8-21-12-4-2-3-11(17)7-12/h2-7,9H,8H2,1H3,(H,18,19,20). The molecular weight excluding hydrogens is 319 g/mol. The molecule has 2 aromatic heterocycles. The molecule has 5 nitrogen and oxygen atoms in total. The van der Waals surface area contributed by atoms with Crippen LogP contribution in [0.25, 0.3) is 0 Å². The summed E-state index contributed by atoms with van der Waals surface area (Å²) in [6.07, 6.45) is 0. The van der Waals surface area contributed by atoms with Crippen molar-refractivity contribution >= 4 is 22.4 Å². The van der Waals surface area contributed by atoms with Crippen LogP contribution in [0.3, 0.4) is 0 Å². The number of nitrogens with zero attached hydrogens (tertiary/aromatic N) is 1. The van der Waals surface area contributed by atoms with Crippen molar-refractivity contribution < 1.29 is 18.3 Å². The molecule has 0 saturated carbocycles. The number of furan rings is 1. The zero-order chi connectivity index (χ0) is 16.2. The van der Waals surface area contributed by atoms with Crippen molar-refractivity contribution in [3.63, 3.8) is 0 Å². The van der Waals surface area contributed by atoms with Crippen LogP contribution in [-0.2, 0) is 6.61 Å². The van der Waals surface area contributed by atoms with E-state index >= 15 is 0 Å². The maximum atomic E-state index is 13.1. The van der Waals surface area contributed by atoms with Crippen LogP contribution in [0, 0.1) is 12.7 Å². The van der Waals surface area contributed by atoms with E-state index in [1.165, 1.54) is 23.5 Å². The third kappa shape index (κ3) is 3.95. The van der Waals surface area contributed by atoms with Crippen LogP contribution < -0.4 is 10.1 Å². The van der Waals surface area contributed by atoms with Gasteiger partial charge >= 0.3 is 0 Å². The Kier molecular flexibility index (Phi) is 4.38. The Bertz CT molecular complexity index is 828. The van der Waals surface area contributed by atoms with E-state index in [0.29, 0.717) is 16.6 Å². The number of hydrogen-bond acceptors (Lipinski definition) is 5. The van der Waals surface area contributed by atoms with Gasteiger partial charge in [-0.05, 0) is 31.2 Å². The quantitative estimate of drug-likeness (QED) is 0.766. The molecule has 3 aromatic rings. The van der Waals surface area contributed by atoms with Crippen LogP contribution in [0.5, 0.6) is 5.75 Å². The Morgan fingerprint density at radius 2 is 2.26 bits per heavy atom. The van der Waals surface area contributed by atoms with Gasteiger partial charge in [0.25, 0.3) is 5.91 Å². The molecule has 0 atom stereocenters. The molecule has 118 valence electrons. The molecule has 0 saturated heterocycles. The molecule has 1 aromatic carbocycles. The van der Waals surface area contributed by atoms with Crippen LogP contribution >= 0.6 is 11.3 Å². The van der Waals surface area contributed by atoms with Crippen molar-refractivity contribution in [3.8, 4) is 5.75 Å². The van der Waals surface area contributed by atoms with Crippen molar-refractivity contribution in [1.82, 2.24) is 4.98 Å². The highest BCUT2D eigenvalue weighted by molar-refractivity contribution is 7.13. The minimum atomic E-state index is -0.378. The van der Waals surface area contributed by atoms with Gasteiger partial charge in [-0.2, -0.15) is 0 Å². The molecule has 0 bridgehead atoms. The average molecular weight is 332 g/mol. The topological polar surface area (TPSA) is 64.4 Å². The molecule has 0 aliphatic rings. The Morgan fingerprint density at radius 3 is 3.00 bits per heavy atom. The lowest BCUT2D eigenvalue weighted by atomic mass is 10.3. The highest BCUT2D eigenvalue weighted by Crippen LogP contribution is 2.18. The normalized spacial score (nSPS) is 10.5. The summed E-state index contributed by atoms with van der Waals surface area (Å²) in [5.41, 5.74) is 0.842. The number of carbonyl (C=O) groups excluding carboxylic acids is 1. The first-order valence-corrected chi connectivity index (χ1v) is 7.69. The average Bonchev–Trinajstić information content (AvgIpc) is 3.14. The number of carbonyl (C=O) groups is 1. The van der Waals surface area contributed by atoms with E-state index in [-0.39, 0.29) is 24.1 Å². The Morgan fingerprint density at radius 1 is 1.39 bits per heavy atom. The molecule has 7 heteroatoms. The zero-order valence-corrected chi connectivity index (χ0v) is 13.0. The number of benzene rings is 1. The summed E-state index contributed by atoms with van der Waals surface area (Å²) in [5, 5.41) is 5.02. The number of aromatic nitrogens is 1. The van der Waals surface area contributed by atoms with Gasteiger partial charge < -0.3 is 9.15 Å². The van der Waals surface area contributed by atoms with Crippen LogP contribution in [0.2, 0.25) is 0 Å². The summed E-state index contributed by atoms with van der Waals surface area (Å²) in [4.78, 5) is 16.2. The van der Waals surface area contributed by atoms with Crippen molar-refractivity contribution in [2.24, 2.45) is 0 Å². The number of ether oxygens (including phenoxy) is 1. The minimum Gasteiger partial charge on any atom is -0.486 e. The van der Waals surface area contributed by atoms with Gasteiger partial charge in [0.1, 0.15) is 23.9 Å². The fourth-order valence-corrected chi connectivity index (χ4v) is 2.54. The zero-order valence-electron chi connectivity index (χ0n) is 12.2. The van der Waals surface area contributed by atoms with E-state index in [0.717, 1.165) is 5.69 Å². The number of thiazole rings is 1. The second-order valence-corrected chi connectivity index (χ2v) is 5.62. The van der Waals surface area contributed by atoms with E-state index in [9.17, 15) is 9.18 Å². The van der Waals surface area contributed by atoms with Crippen molar-refractivity contribution in [3.05, 3.63) is 64.8 Å². The number of halogens is 1. The molecule has 2 heterocycles. The van der Waals surface area contributed by atoms with Gasteiger partial charge in [-0.25, -0.2) is 9.37 Å². The summed E-state index contributed by atoms with van der Waals surface area (Å²) in [6, 6.07) is 9.01. The fraction of sp³-hybridized carbons (Fsp3) is 0.125. The lowest BCUT2D eigenvalue weighted by Gasteiger charge is -2.03. The van der Waals surface area contributed by atoms with E-state index in [4.69, 9.17) is 9.15 Å². The maximum Gasteiger partial charge on any atom is 0.293 e.